The number of non-ortho nitro benzene ring substituents is 1. The molecule has 1 heterocycles. The number of hydrogen-bond acceptors (Lipinski definition) is 5. The molecule has 5 nitrogen and oxygen atoms in total. The first-order valence-electron chi connectivity index (χ1n) is 6.62. The molecule has 20 heavy (non-hydrogen) atoms. The van der Waals surface area contributed by atoms with Gasteiger partial charge in [-0.05, 0) is 6.92 Å². The van der Waals surface area contributed by atoms with E-state index in [4.69, 9.17) is 0 Å². The van der Waals surface area contributed by atoms with Gasteiger partial charge in [0.1, 0.15) is 0 Å². The van der Waals surface area contributed by atoms with Gasteiger partial charge in [-0.2, -0.15) is 11.8 Å². The molecule has 0 radical (unpaired) electrons. The van der Waals surface area contributed by atoms with E-state index in [0.29, 0.717) is 23.4 Å². The number of nitro benzene ring substituents is 1. The zero-order chi connectivity index (χ0) is 14.7. The first kappa shape index (κ1) is 15.0. The highest BCUT2D eigenvalue weighted by Gasteiger charge is 2.27. The molecule has 108 valence electrons. The average molecular weight is 294 g/mol. The molecule has 2 unspecified atom stereocenters. The molecule has 0 aliphatic carbocycles. The Labute approximate surface area is 122 Å². The lowest BCUT2D eigenvalue weighted by Crippen LogP contribution is -2.46. The van der Waals surface area contributed by atoms with Gasteiger partial charge < -0.3 is 0 Å². The summed E-state index contributed by atoms with van der Waals surface area (Å²) in [5.74, 6) is 0.966. The number of benzene rings is 1. The van der Waals surface area contributed by atoms with Crippen LogP contribution in [0.25, 0.3) is 0 Å². The van der Waals surface area contributed by atoms with Crippen molar-refractivity contribution in [2.24, 2.45) is 0 Å². The van der Waals surface area contributed by atoms with Crippen molar-refractivity contribution in [1.82, 2.24) is 4.90 Å². The van der Waals surface area contributed by atoms with E-state index in [0.717, 1.165) is 12.3 Å². The minimum atomic E-state index is -0.473. The molecule has 0 aromatic heterocycles. The molecule has 0 N–H and O–H groups in total. The van der Waals surface area contributed by atoms with E-state index in [1.807, 2.05) is 11.8 Å². The lowest BCUT2D eigenvalue weighted by molar-refractivity contribution is -0.384. The predicted molar refractivity (Wildman–Crippen MR) is 80.4 cm³/mol. The second-order valence-corrected chi connectivity index (χ2v) is 6.50. The smallest absolute Gasteiger partial charge is 0.270 e. The van der Waals surface area contributed by atoms with Crippen molar-refractivity contribution in [3.05, 3.63) is 39.9 Å². The molecular formula is C14H18N2O3S. The van der Waals surface area contributed by atoms with E-state index in [1.165, 1.54) is 12.1 Å². The van der Waals surface area contributed by atoms with Crippen molar-refractivity contribution in [2.75, 3.05) is 18.8 Å². The quantitative estimate of drug-likeness (QED) is 0.485. The fourth-order valence-corrected chi connectivity index (χ4v) is 3.45. The summed E-state index contributed by atoms with van der Waals surface area (Å²) in [4.78, 5) is 24.7. The molecule has 6 heteroatoms. The van der Waals surface area contributed by atoms with E-state index in [9.17, 15) is 14.9 Å². The minimum absolute atomic E-state index is 0.0357. The highest BCUT2D eigenvalue weighted by atomic mass is 32.2. The number of Topliss-reactive ketones (excluding diaryl/α,β-unsaturated/α-hetero) is 1. The van der Waals surface area contributed by atoms with Crippen LogP contribution in [0.4, 0.5) is 5.69 Å². The Morgan fingerprint density at radius 3 is 2.95 bits per heavy atom. The summed E-state index contributed by atoms with van der Waals surface area (Å²) in [6.45, 7) is 5.50. The lowest BCUT2D eigenvalue weighted by atomic mass is 10.1. The zero-order valence-corrected chi connectivity index (χ0v) is 12.4. The van der Waals surface area contributed by atoms with Crippen LogP contribution in [0.15, 0.2) is 24.3 Å². The predicted octanol–water partition coefficient (Wildman–Crippen LogP) is 2.60. The van der Waals surface area contributed by atoms with Crippen LogP contribution < -0.4 is 0 Å². The normalized spacial score (nSPS) is 23.5. The molecule has 0 spiro atoms. The second-order valence-electron chi connectivity index (χ2n) is 5.02. The van der Waals surface area contributed by atoms with Crippen LogP contribution >= 0.6 is 11.8 Å². The van der Waals surface area contributed by atoms with Crippen LogP contribution in [-0.4, -0.2) is 45.7 Å². The van der Waals surface area contributed by atoms with E-state index >= 15 is 0 Å². The van der Waals surface area contributed by atoms with Crippen LogP contribution in [0.2, 0.25) is 0 Å². The Morgan fingerprint density at radius 2 is 2.25 bits per heavy atom. The van der Waals surface area contributed by atoms with Crippen LogP contribution in [0.1, 0.15) is 24.2 Å². The van der Waals surface area contributed by atoms with Crippen molar-refractivity contribution in [1.29, 1.82) is 0 Å². The summed E-state index contributed by atoms with van der Waals surface area (Å²) in [5.41, 5.74) is 0.378. The standard InChI is InChI=1S/C14H18N2O3S/c1-10-11(2)20-7-6-15(10)9-14(17)12-4-3-5-13(8-12)16(18)19/h3-5,8,10-11H,6-7,9H2,1-2H3. The van der Waals surface area contributed by atoms with Gasteiger partial charge in [0.25, 0.3) is 5.69 Å². The van der Waals surface area contributed by atoms with Crippen LogP contribution in [0.5, 0.6) is 0 Å². The topological polar surface area (TPSA) is 63.5 Å². The molecule has 2 rings (SSSR count). The molecule has 0 saturated carbocycles. The largest absolute Gasteiger partial charge is 0.293 e. The number of carbonyl (C=O) groups excluding carboxylic acids is 1. The number of thioether (sulfide) groups is 1. The first-order valence-corrected chi connectivity index (χ1v) is 7.67. The fraction of sp³-hybridized carbons (Fsp3) is 0.500. The number of nitrogens with zero attached hydrogens (tertiary/aromatic N) is 2. The summed E-state index contributed by atoms with van der Waals surface area (Å²) in [6, 6.07) is 6.30. The van der Waals surface area contributed by atoms with E-state index in [1.54, 1.807) is 12.1 Å². The van der Waals surface area contributed by atoms with Gasteiger partial charge in [-0.25, -0.2) is 0 Å². The monoisotopic (exact) mass is 294 g/mol. The van der Waals surface area contributed by atoms with Crippen LogP contribution in [-0.2, 0) is 0 Å². The summed E-state index contributed by atoms with van der Waals surface area (Å²) in [7, 11) is 0. The number of nitro groups is 1. The number of hydrogen-bond donors (Lipinski definition) is 0. The van der Waals surface area contributed by atoms with Gasteiger partial charge in [0.2, 0.25) is 0 Å². The third kappa shape index (κ3) is 3.37. The van der Waals surface area contributed by atoms with E-state index < -0.39 is 4.92 Å². The van der Waals surface area contributed by atoms with Gasteiger partial charge in [0.15, 0.2) is 5.78 Å². The maximum atomic E-state index is 12.3. The molecule has 1 saturated heterocycles. The van der Waals surface area contributed by atoms with Gasteiger partial charge >= 0.3 is 0 Å². The Morgan fingerprint density at radius 1 is 1.50 bits per heavy atom. The molecule has 1 fully saturated rings. The Kier molecular flexibility index (Phi) is 4.77. The van der Waals surface area contributed by atoms with E-state index in [2.05, 4.69) is 18.7 Å². The van der Waals surface area contributed by atoms with Gasteiger partial charge in [0, 0.05) is 41.3 Å². The number of ketones is 1. The summed E-state index contributed by atoms with van der Waals surface area (Å²) in [6.07, 6.45) is 0. The highest BCUT2D eigenvalue weighted by molar-refractivity contribution is 8.00. The Bertz CT molecular complexity index is 521. The Hall–Kier alpha value is -1.40. The van der Waals surface area contributed by atoms with Crippen LogP contribution in [0.3, 0.4) is 0 Å². The average Bonchev–Trinajstić information content (AvgIpc) is 2.44. The lowest BCUT2D eigenvalue weighted by Gasteiger charge is -2.36. The van der Waals surface area contributed by atoms with Gasteiger partial charge in [0.05, 0.1) is 11.5 Å². The SMILES string of the molecule is CC1SCCN(CC(=O)c2cccc([N+](=O)[O-])c2)C1C. The first-order chi connectivity index (χ1) is 9.49. The summed E-state index contributed by atoms with van der Waals surface area (Å²) >= 11 is 1.92. The van der Waals surface area contributed by atoms with Gasteiger partial charge in [-0.15, -0.1) is 0 Å². The molecule has 1 aromatic rings. The summed E-state index contributed by atoms with van der Waals surface area (Å²) < 4.78 is 0. The molecular weight excluding hydrogens is 276 g/mol. The van der Waals surface area contributed by atoms with Gasteiger partial charge in [-0.3, -0.25) is 19.8 Å². The molecule has 2 atom stereocenters. The third-order valence-electron chi connectivity index (χ3n) is 3.74. The fourth-order valence-electron chi connectivity index (χ4n) is 2.29. The summed E-state index contributed by atoms with van der Waals surface area (Å²) in [5, 5.41) is 11.2. The molecule has 0 bridgehead atoms. The Balaban J connectivity index is 2.08. The number of rotatable bonds is 4. The molecule has 0 amide bonds. The van der Waals surface area contributed by atoms with Crippen molar-refractivity contribution in [3.8, 4) is 0 Å². The van der Waals surface area contributed by atoms with Crippen molar-refractivity contribution < 1.29 is 9.72 Å². The minimum Gasteiger partial charge on any atom is -0.293 e. The third-order valence-corrected chi connectivity index (χ3v) is 5.08. The van der Waals surface area contributed by atoms with Crippen molar-refractivity contribution in [3.63, 3.8) is 0 Å². The highest BCUT2D eigenvalue weighted by Crippen LogP contribution is 2.24. The molecule has 1 aromatic carbocycles. The maximum absolute atomic E-state index is 12.3. The zero-order valence-electron chi connectivity index (χ0n) is 11.6. The maximum Gasteiger partial charge on any atom is 0.270 e. The second kappa shape index (κ2) is 6.37. The van der Waals surface area contributed by atoms with E-state index in [-0.39, 0.29) is 11.5 Å². The van der Waals surface area contributed by atoms with Crippen molar-refractivity contribution >= 4 is 23.2 Å². The molecule has 1 aliphatic rings. The molecule has 1 aliphatic heterocycles. The number of carbonyl (C=O) groups is 1. The van der Waals surface area contributed by atoms with Crippen molar-refractivity contribution in [2.45, 2.75) is 25.1 Å². The van der Waals surface area contributed by atoms with Gasteiger partial charge in [-0.1, -0.05) is 19.1 Å². The van der Waals surface area contributed by atoms with Crippen LogP contribution in [0, 0.1) is 10.1 Å².